The van der Waals surface area contributed by atoms with Crippen molar-refractivity contribution in [3.63, 3.8) is 0 Å². The Labute approximate surface area is 101 Å². The zero-order valence-electron chi connectivity index (χ0n) is 9.15. The summed E-state index contributed by atoms with van der Waals surface area (Å²) < 4.78 is 32.7. The molecule has 5 nitrogen and oxygen atoms in total. The molecule has 0 aromatic heterocycles. The quantitative estimate of drug-likeness (QED) is 0.605. The van der Waals surface area contributed by atoms with Crippen molar-refractivity contribution in [2.75, 3.05) is 7.11 Å². The highest BCUT2D eigenvalue weighted by Gasteiger charge is 2.20. The summed E-state index contributed by atoms with van der Waals surface area (Å²) in [6, 6.07) is 3.67. The highest BCUT2D eigenvalue weighted by atomic mass is 19.3. The first kappa shape index (κ1) is 13.6. The molecule has 94 valence electrons. The van der Waals surface area contributed by atoms with Gasteiger partial charge in [-0.3, -0.25) is 4.79 Å². The number of nitrogens with zero attached hydrogens (tertiary/aromatic N) is 1. The number of esters is 1. The van der Waals surface area contributed by atoms with Crippen LogP contribution in [0.2, 0.25) is 0 Å². The van der Waals surface area contributed by atoms with Gasteiger partial charge < -0.3 is 9.47 Å². The molecule has 0 aliphatic carbocycles. The highest BCUT2D eigenvalue weighted by Crippen LogP contribution is 2.25. The first-order chi connectivity index (χ1) is 8.54. The molecule has 1 aromatic carbocycles. The van der Waals surface area contributed by atoms with Crippen molar-refractivity contribution in [2.45, 2.75) is 6.61 Å². The second-order valence-electron chi connectivity index (χ2n) is 3.00. The molecule has 18 heavy (non-hydrogen) atoms. The van der Waals surface area contributed by atoms with Crippen molar-refractivity contribution in [2.24, 2.45) is 0 Å². The third kappa shape index (κ3) is 2.60. The Balaban J connectivity index is 3.42. The largest absolute Gasteiger partial charge is 0.465 e. The van der Waals surface area contributed by atoms with Crippen molar-refractivity contribution in [3.8, 4) is 11.8 Å². The third-order valence-corrected chi connectivity index (χ3v) is 2.06. The van der Waals surface area contributed by atoms with Gasteiger partial charge in [0.15, 0.2) is 6.29 Å². The third-order valence-electron chi connectivity index (χ3n) is 2.06. The van der Waals surface area contributed by atoms with E-state index in [2.05, 4.69) is 9.47 Å². The number of aldehydes is 1. The highest BCUT2D eigenvalue weighted by molar-refractivity contribution is 5.97. The van der Waals surface area contributed by atoms with E-state index in [1.807, 2.05) is 0 Å². The standard InChI is InChI=1S/C11H7F2NO4/c1-17-10(16)6-2-3-9(18-11(12)13)8(5-15)7(6)4-14/h2-3,5,11H,1H3. The summed E-state index contributed by atoms with van der Waals surface area (Å²) in [4.78, 5) is 22.1. The van der Waals surface area contributed by atoms with Gasteiger partial charge in [0.1, 0.15) is 11.8 Å². The lowest BCUT2D eigenvalue weighted by atomic mass is 10.0. The summed E-state index contributed by atoms with van der Waals surface area (Å²) in [5, 5.41) is 8.87. The summed E-state index contributed by atoms with van der Waals surface area (Å²) >= 11 is 0. The van der Waals surface area contributed by atoms with E-state index >= 15 is 0 Å². The van der Waals surface area contributed by atoms with Crippen LogP contribution in [-0.2, 0) is 4.74 Å². The van der Waals surface area contributed by atoms with Crippen molar-refractivity contribution < 1.29 is 27.8 Å². The Kier molecular flexibility index (Phi) is 4.32. The fourth-order valence-corrected chi connectivity index (χ4v) is 1.32. The number of nitriles is 1. The minimum atomic E-state index is -3.14. The Bertz CT molecular complexity index is 523. The molecule has 0 radical (unpaired) electrons. The summed E-state index contributed by atoms with van der Waals surface area (Å²) in [6.07, 6.45) is 0.169. The van der Waals surface area contributed by atoms with Crippen LogP contribution in [0, 0.1) is 11.3 Å². The van der Waals surface area contributed by atoms with Crippen LogP contribution >= 0.6 is 0 Å². The first-order valence-corrected chi connectivity index (χ1v) is 4.60. The van der Waals surface area contributed by atoms with Gasteiger partial charge in [-0.15, -0.1) is 0 Å². The van der Waals surface area contributed by atoms with Crippen LogP contribution in [0.5, 0.6) is 5.75 Å². The van der Waals surface area contributed by atoms with E-state index in [9.17, 15) is 18.4 Å². The minimum Gasteiger partial charge on any atom is -0.465 e. The van der Waals surface area contributed by atoms with Crippen LogP contribution in [-0.4, -0.2) is 26.0 Å². The molecule has 0 aliphatic heterocycles. The molecule has 0 N–H and O–H groups in total. The van der Waals surface area contributed by atoms with Gasteiger partial charge in [0, 0.05) is 0 Å². The number of benzene rings is 1. The molecule has 0 unspecified atom stereocenters. The van der Waals surface area contributed by atoms with Crippen LogP contribution in [0.3, 0.4) is 0 Å². The summed E-state index contributed by atoms with van der Waals surface area (Å²) in [5.41, 5.74) is -0.973. The van der Waals surface area contributed by atoms with Crippen LogP contribution in [0.1, 0.15) is 26.3 Å². The van der Waals surface area contributed by atoms with Crippen LogP contribution in [0.4, 0.5) is 8.78 Å². The molecule has 0 spiro atoms. The number of rotatable bonds is 4. The number of halogens is 2. The Hall–Kier alpha value is -2.49. The lowest BCUT2D eigenvalue weighted by Gasteiger charge is -2.10. The van der Waals surface area contributed by atoms with E-state index in [-0.39, 0.29) is 17.4 Å². The maximum Gasteiger partial charge on any atom is 0.387 e. The SMILES string of the molecule is COC(=O)c1ccc(OC(F)F)c(C=O)c1C#N. The van der Waals surface area contributed by atoms with Crippen LogP contribution in [0.15, 0.2) is 12.1 Å². The van der Waals surface area contributed by atoms with E-state index in [4.69, 9.17) is 5.26 Å². The summed E-state index contributed by atoms with van der Waals surface area (Å²) in [5.74, 6) is -1.32. The van der Waals surface area contributed by atoms with Gasteiger partial charge in [0.05, 0.1) is 23.8 Å². The maximum absolute atomic E-state index is 12.1. The Morgan fingerprint density at radius 3 is 2.61 bits per heavy atom. The predicted octanol–water partition coefficient (Wildman–Crippen LogP) is 1.76. The normalized spacial score (nSPS) is 9.72. The molecular weight excluding hydrogens is 248 g/mol. The zero-order valence-corrected chi connectivity index (χ0v) is 9.15. The summed E-state index contributed by atoms with van der Waals surface area (Å²) in [7, 11) is 1.09. The fraction of sp³-hybridized carbons (Fsp3) is 0.182. The molecule has 0 heterocycles. The Morgan fingerprint density at radius 2 is 2.17 bits per heavy atom. The van der Waals surface area contributed by atoms with E-state index in [0.717, 1.165) is 19.2 Å². The molecular formula is C11H7F2NO4. The number of alkyl halides is 2. The predicted molar refractivity (Wildman–Crippen MR) is 54.5 cm³/mol. The monoisotopic (exact) mass is 255 g/mol. The topological polar surface area (TPSA) is 76.4 Å². The number of carbonyl (C=O) groups excluding carboxylic acids is 2. The second-order valence-corrected chi connectivity index (χ2v) is 3.00. The van der Waals surface area contributed by atoms with Gasteiger partial charge in [0.25, 0.3) is 0 Å². The van der Waals surface area contributed by atoms with Gasteiger partial charge in [-0.1, -0.05) is 0 Å². The summed E-state index contributed by atoms with van der Waals surface area (Å²) in [6.45, 7) is -3.14. The van der Waals surface area contributed by atoms with Crippen molar-refractivity contribution >= 4 is 12.3 Å². The number of hydrogen-bond donors (Lipinski definition) is 0. The molecule has 7 heteroatoms. The molecule has 1 aromatic rings. The van der Waals surface area contributed by atoms with Gasteiger partial charge in [-0.25, -0.2) is 4.79 Å². The number of ether oxygens (including phenoxy) is 2. The minimum absolute atomic E-state index is 0.169. The van der Waals surface area contributed by atoms with Crippen molar-refractivity contribution in [1.82, 2.24) is 0 Å². The number of methoxy groups -OCH3 is 1. The van der Waals surface area contributed by atoms with E-state index in [1.54, 1.807) is 6.07 Å². The molecule has 0 aliphatic rings. The van der Waals surface area contributed by atoms with Gasteiger partial charge >= 0.3 is 12.6 Å². The average Bonchev–Trinajstić information content (AvgIpc) is 2.36. The van der Waals surface area contributed by atoms with Crippen LogP contribution < -0.4 is 4.74 Å². The lowest BCUT2D eigenvalue weighted by molar-refractivity contribution is -0.0500. The van der Waals surface area contributed by atoms with Crippen molar-refractivity contribution in [1.29, 1.82) is 5.26 Å². The van der Waals surface area contributed by atoms with Crippen molar-refractivity contribution in [3.05, 3.63) is 28.8 Å². The lowest BCUT2D eigenvalue weighted by Crippen LogP contribution is -2.10. The molecule has 0 fully saturated rings. The maximum atomic E-state index is 12.1. The Morgan fingerprint density at radius 1 is 1.50 bits per heavy atom. The van der Waals surface area contributed by atoms with E-state index < -0.39 is 23.9 Å². The second kappa shape index (κ2) is 5.72. The molecule has 0 saturated carbocycles. The van der Waals surface area contributed by atoms with Gasteiger partial charge in [-0.2, -0.15) is 14.0 Å². The van der Waals surface area contributed by atoms with Crippen LogP contribution in [0.25, 0.3) is 0 Å². The zero-order chi connectivity index (χ0) is 13.7. The number of hydrogen-bond acceptors (Lipinski definition) is 5. The van der Waals surface area contributed by atoms with E-state index in [0.29, 0.717) is 0 Å². The number of carbonyl (C=O) groups is 2. The molecule has 0 atom stereocenters. The molecule has 0 amide bonds. The molecule has 0 bridgehead atoms. The molecule has 1 rings (SSSR count). The molecule has 0 saturated heterocycles. The van der Waals surface area contributed by atoms with Gasteiger partial charge in [-0.05, 0) is 12.1 Å². The smallest absolute Gasteiger partial charge is 0.387 e. The fourth-order valence-electron chi connectivity index (χ4n) is 1.32. The average molecular weight is 255 g/mol. The van der Waals surface area contributed by atoms with Gasteiger partial charge in [0.2, 0.25) is 0 Å². The first-order valence-electron chi connectivity index (χ1n) is 4.60. The van der Waals surface area contributed by atoms with E-state index in [1.165, 1.54) is 0 Å².